The smallest absolute Gasteiger partial charge is 0.227 e. The Bertz CT molecular complexity index is 606. The van der Waals surface area contributed by atoms with Crippen LogP contribution in [0.25, 0.3) is 0 Å². The monoisotopic (exact) mass is 320 g/mol. The van der Waals surface area contributed by atoms with Crippen molar-refractivity contribution in [2.24, 2.45) is 0 Å². The number of para-hydroxylation sites is 1. The van der Waals surface area contributed by atoms with Gasteiger partial charge in [0.1, 0.15) is 0 Å². The van der Waals surface area contributed by atoms with Gasteiger partial charge in [-0.1, -0.05) is 23.7 Å². The second kappa shape index (κ2) is 6.50. The minimum Gasteiger partial charge on any atom is -0.367 e. The van der Waals surface area contributed by atoms with Gasteiger partial charge in [0.05, 0.1) is 17.1 Å². The van der Waals surface area contributed by atoms with Crippen LogP contribution in [-0.4, -0.2) is 37.0 Å². The highest BCUT2D eigenvalue weighted by atomic mass is 35.5. The lowest BCUT2D eigenvalue weighted by Crippen LogP contribution is -2.49. The van der Waals surface area contributed by atoms with Crippen LogP contribution in [0.4, 0.5) is 5.69 Å². The molecule has 1 aliphatic heterocycles. The van der Waals surface area contributed by atoms with Gasteiger partial charge in [-0.05, 0) is 34.5 Å². The normalized spacial score (nSPS) is 15.3. The van der Waals surface area contributed by atoms with Gasteiger partial charge in [-0.15, -0.1) is 0 Å². The lowest BCUT2D eigenvalue weighted by molar-refractivity contribution is -0.130. The molecule has 0 spiro atoms. The highest BCUT2D eigenvalue weighted by Gasteiger charge is 2.22. The van der Waals surface area contributed by atoms with E-state index in [0.717, 1.165) is 42.5 Å². The molecular weight excluding hydrogens is 304 g/mol. The van der Waals surface area contributed by atoms with Crippen molar-refractivity contribution in [3.8, 4) is 0 Å². The summed E-state index contributed by atoms with van der Waals surface area (Å²) in [6.45, 7) is 3.18. The number of benzene rings is 1. The first-order chi connectivity index (χ1) is 10.2. The summed E-state index contributed by atoms with van der Waals surface area (Å²) in [5.41, 5.74) is 2.17. The van der Waals surface area contributed by atoms with Gasteiger partial charge in [0.15, 0.2) is 0 Å². The SMILES string of the molecule is O=C(Cc1ccsc1)N1CCN(c2ccccc2Cl)CC1. The molecule has 0 saturated carbocycles. The van der Waals surface area contributed by atoms with Crippen molar-refractivity contribution in [3.63, 3.8) is 0 Å². The van der Waals surface area contributed by atoms with Crippen LogP contribution in [0, 0.1) is 0 Å². The number of rotatable bonds is 3. The molecule has 0 N–H and O–H groups in total. The van der Waals surface area contributed by atoms with E-state index < -0.39 is 0 Å². The van der Waals surface area contributed by atoms with E-state index in [2.05, 4.69) is 4.90 Å². The summed E-state index contributed by atoms with van der Waals surface area (Å²) in [5.74, 6) is 0.215. The number of hydrogen-bond donors (Lipinski definition) is 0. The van der Waals surface area contributed by atoms with Gasteiger partial charge >= 0.3 is 0 Å². The number of halogens is 1. The first kappa shape index (κ1) is 14.4. The average Bonchev–Trinajstić information content (AvgIpc) is 3.01. The Morgan fingerprint density at radius 2 is 1.90 bits per heavy atom. The molecule has 1 aliphatic rings. The highest BCUT2D eigenvalue weighted by molar-refractivity contribution is 7.08. The molecule has 1 aromatic heterocycles. The predicted molar refractivity (Wildman–Crippen MR) is 88.3 cm³/mol. The Kier molecular flexibility index (Phi) is 4.46. The highest BCUT2D eigenvalue weighted by Crippen LogP contribution is 2.26. The van der Waals surface area contributed by atoms with Crippen molar-refractivity contribution >= 4 is 34.5 Å². The third kappa shape index (κ3) is 3.39. The molecule has 0 radical (unpaired) electrons. The van der Waals surface area contributed by atoms with E-state index in [1.165, 1.54) is 0 Å². The predicted octanol–water partition coefficient (Wildman–Crippen LogP) is 3.29. The topological polar surface area (TPSA) is 23.6 Å². The van der Waals surface area contributed by atoms with Crippen molar-refractivity contribution in [2.45, 2.75) is 6.42 Å². The molecule has 0 aliphatic carbocycles. The van der Waals surface area contributed by atoms with E-state index in [0.29, 0.717) is 6.42 Å². The number of carbonyl (C=O) groups excluding carboxylic acids is 1. The Morgan fingerprint density at radius 1 is 1.14 bits per heavy atom. The summed E-state index contributed by atoms with van der Waals surface area (Å²) in [6, 6.07) is 9.89. The van der Waals surface area contributed by atoms with E-state index in [1.807, 2.05) is 46.0 Å². The molecule has 0 unspecified atom stereocenters. The number of thiophene rings is 1. The molecule has 2 heterocycles. The van der Waals surface area contributed by atoms with Gasteiger partial charge < -0.3 is 9.80 Å². The standard InChI is InChI=1S/C16H17ClN2OS/c17-14-3-1-2-4-15(14)18-6-8-19(9-7-18)16(20)11-13-5-10-21-12-13/h1-5,10,12H,6-9,11H2. The molecule has 1 amide bonds. The lowest BCUT2D eigenvalue weighted by Gasteiger charge is -2.36. The van der Waals surface area contributed by atoms with Gasteiger partial charge in [0.25, 0.3) is 0 Å². The van der Waals surface area contributed by atoms with Crippen LogP contribution >= 0.6 is 22.9 Å². The summed E-state index contributed by atoms with van der Waals surface area (Å²) in [5, 5.41) is 4.83. The largest absolute Gasteiger partial charge is 0.367 e. The molecule has 5 heteroatoms. The third-order valence-corrected chi connectivity index (χ3v) is 4.81. The van der Waals surface area contributed by atoms with Gasteiger partial charge in [-0.3, -0.25) is 4.79 Å². The second-order valence-electron chi connectivity index (χ2n) is 5.13. The minimum atomic E-state index is 0.215. The van der Waals surface area contributed by atoms with Crippen LogP contribution in [0.5, 0.6) is 0 Å². The molecule has 21 heavy (non-hydrogen) atoms. The molecule has 110 valence electrons. The zero-order valence-electron chi connectivity index (χ0n) is 11.7. The zero-order chi connectivity index (χ0) is 14.7. The molecule has 1 fully saturated rings. The quantitative estimate of drug-likeness (QED) is 0.866. The fourth-order valence-electron chi connectivity index (χ4n) is 2.58. The van der Waals surface area contributed by atoms with Crippen LogP contribution in [0.1, 0.15) is 5.56 Å². The van der Waals surface area contributed by atoms with E-state index >= 15 is 0 Å². The van der Waals surface area contributed by atoms with Crippen molar-refractivity contribution < 1.29 is 4.79 Å². The minimum absolute atomic E-state index is 0.215. The lowest BCUT2D eigenvalue weighted by atomic mass is 10.2. The van der Waals surface area contributed by atoms with Crippen LogP contribution in [0.3, 0.4) is 0 Å². The fourth-order valence-corrected chi connectivity index (χ4v) is 3.51. The van der Waals surface area contributed by atoms with E-state index in [-0.39, 0.29) is 5.91 Å². The molecule has 0 bridgehead atoms. The summed E-state index contributed by atoms with van der Waals surface area (Å²) in [7, 11) is 0. The van der Waals surface area contributed by atoms with Gasteiger partial charge in [-0.2, -0.15) is 11.3 Å². The first-order valence-corrected chi connectivity index (χ1v) is 8.34. The summed E-state index contributed by atoms with van der Waals surface area (Å²) in [6.07, 6.45) is 0.510. The van der Waals surface area contributed by atoms with Gasteiger partial charge in [0.2, 0.25) is 5.91 Å². The Balaban J connectivity index is 1.58. The Labute approximate surface area is 133 Å². The third-order valence-electron chi connectivity index (χ3n) is 3.76. The maximum absolute atomic E-state index is 12.3. The van der Waals surface area contributed by atoms with Gasteiger partial charge in [-0.25, -0.2) is 0 Å². The molecule has 3 nitrogen and oxygen atoms in total. The molecule has 1 saturated heterocycles. The van der Waals surface area contributed by atoms with Crippen LogP contribution in [-0.2, 0) is 11.2 Å². The maximum Gasteiger partial charge on any atom is 0.227 e. The van der Waals surface area contributed by atoms with Crippen molar-refractivity contribution in [1.82, 2.24) is 4.90 Å². The van der Waals surface area contributed by atoms with E-state index in [4.69, 9.17) is 11.6 Å². The molecular formula is C16H17ClN2OS. The van der Waals surface area contributed by atoms with Crippen molar-refractivity contribution in [2.75, 3.05) is 31.1 Å². The summed E-state index contributed by atoms with van der Waals surface area (Å²) >= 11 is 7.86. The number of nitrogens with zero attached hydrogens (tertiary/aromatic N) is 2. The number of hydrogen-bond acceptors (Lipinski definition) is 3. The van der Waals surface area contributed by atoms with Crippen LogP contribution in [0.15, 0.2) is 41.1 Å². The van der Waals surface area contributed by atoms with E-state index in [1.54, 1.807) is 11.3 Å². The zero-order valence-corrected chi connectivity index (χ0v) is 13.2. The Hall–Kier alpha value is -1.52. The molecule has 1 aromatic carbocycles. The fraction of sp³-hybridized carbons (Fsp3) is 0.312. The van der Waals surface area contributed by atoms with Crippen molar-refractivity contribution in [1.29, 1.82) is 0 Å². The number of piperazine rings is 1. The van der Waals surface area contributed by atoms with Crippen LogP contribution < -0.4 is 4.90 Å². The molecule has 3 rings (SSSR count). The maximum atomic E-state index is 12.3. The number of anilines is 1. The van der Waals surface area contributed by atoms with Crippen LogP contribution in [0.2, 0.25) is 5.02 Å². The summed E-state index contributed by atoms with van der Waals surface area (Å²) < 4.78 is 0. The van der Waals surface area contributed by atoms with E-state index in [9.17, 15) is 4.79 Å². The number of carbonyl (C=O) groups is 1. The molecule has 0 atom stereocenters. The average molecular weight is 321 g/mol. The molecule has 2 aromatic rings. The number of amides is 1. The first-order valence-electron chi connectivity index (χ1n) is 7.02. The second-order valence-corrected chi connectivity index (χ2v) is 6.31. The Morgan fingerprint density at radius 3 is 2.57 bits per heavy atom. The van der Waals surface area contributed by atoms with Crippen molar-refractivity contribution in [3.05, 3.63) is 51.7 Å². The van der Waals surface area contributed by atoms with Gasteiger partial charge in [0, 0.05) is 26.2 Å². The summed E-state index contributed by atoms with van der Waals surface area (Å²) in [4.78, 5) is 16.5.